The fraction of sp³-hybridized carbons (Fsp3) is 0.500. The number of carbonyl (C=O) groups excluding carboxylic acids is 1. The highest BCUT2D eigenvalue weighted by atomic mass is 32.2. The molecule has 0 saturated heterocycles. The molecule has 0 bridgehead atoms. The standard InChI is InChI=1S/C14H21NO2S/c1-10-6-4-5-7-12(10)13(16)8-15-14(17)11(2)9-18-3/h4-7,11,13,16H,8-9H2,1-3H3,(H,15,17)/t11-,13-/m1/s1. The molecule has 2 N–H and O–H groups in total. The van der Waals surface area contributed by atoms with Crippen LogP contribution < -0.4 is 5.32 Å². The van der Waals surface area contributed by atoms with E-state index in [9.17, 15) is 9.90 Å². The Bertz CT molecular complexity index is 395. The van der Waals surface area contributed by atoms with Crippen molar-refractivity contribution in [3.05, 3.63) is 35.4 Å². The predicted octanol–water partition coefficient (Wildman–Crippen LogP) is 2.14. The molecule has 0 radical (unpaired) electrons. The van der Waals surface area contributed by atoms with E-state index >= 15 is 0 Å². The van der Waals surface area contributed by atoms with E-state index in [0.29, 0.717) is 0 Å². The van der Waals surface area contributed by atoms with Crippen LogP contribution in [-0.2, 0) is 4.79 Å². The highest BCUT2D eigenvalue weighted by Gasteiger charge is 2.15. The Morgan fingerprint density at radius 3 is 2.72 bits per heavy atom. The maximum Gasteiger partial charge on any atom is 0.223 e. The monoisotopic (exact) mass is 267 g/mol. The maximum atomic E-state index is 11.7. The van der Waals surface area contributed by atoms with E-state index in [1.165, 1.54) is 0 Å². The topological polar surface area (TPSA) is 49.3 Å². The molecular formula is C14H21NO2S. The number of benzene rings is 1. The van der Waals surface area contributed by atoms with Crippen molar-refractivity contribution in [1.82, 2.24) is 5.32 Å². The second kappa shape index (κ2) is 7.44. The predicted molar refractivity (Wildman–Crippen MR) is 76.7 cm³/mol. The molecule has 0 unspecified atom stereocenters. The lowest BCUT2D eigenvalue weighted by molar-refractivity contribution is -0.124. The zero-order chi connectivity index (χ0) is 13.5. The Morgan fingerprint density at radius 1 is 1.44 bits per heavy atom. The van der Waals surface area contributed by atoms with Gasteiger partial charge in [0.1, 0.15) is 0 Å². The van der Waals surface area contributed by atoms with Crippen LogP contribution in [0.5, 0.6) is 0 Å². The zero-order valence-corrected chi connectivity index (χ0v) is 12.0. The number of hydrogen-bond acceptors (Lipinski definition) is 3. The summed E-state index contributed by atoms with van der Waals surface area (Å²) in [6, 6.07) is 7.67. The quantitative estimate of drug-likeness (QED) is 0.830. The van der Waals surface area contributed by atoms with E-state index in [-0.39, 0.29) is 18.4 Å². The number of amides is 1. The van der Waals surface area contributed by atoms with Crippen molar-refractivity contribution in [1.29, 1.82) is 0 Å². The number of aliphatic hydroxyl groups is 1. The Balaban J connectivity index is 2.49. The zero-order valence-electron chi connectivity index (χ0n) is 11.1. The molecule has 1 aromatic carbocycles. The number of aliphatic hydroxyl groups excluding tert-OH is 1. The van der Waals surface area contributed by atoms with Gasteiger partial charge in [0.05, 0.1) is 6.10 Å². The maximum absolute atomic E-state index is 11.7. The smallest absolute Gasteiger partial charge is 0.223 e. The summed E-state index contributed by atoms with van der Waals surface area (Å²) in [5, 5.41) is 12.8. The van der Waals surface area contributed by atoms with E-state index in [0.717, 1.165) is 16.9 Å². The molecule has 0 heterocycles. The average Bonchev–Trinajstić information content (AvgIpc) is 2.36. The van der Waals surface area contributed by atoms with Gasteiger partial charge in [-0.05, 0) is 24.3 Å². The van der Waals surface area contributed by atoms with Crippen molar-refractivity contribution in [2.75, 3.05) is 18.6 Å². The van der Waals surface area contributed by atoms with Crippen LogP contribution in [0.15, 0.2) is 24.3 Å². The molecule has 3 nitrogen and oxygen atoms in total. The lowest BCUT2D eigenvalue weighted by atomic mass is 10.0. The molecular weight excluding hydrogens is 246 g/mol. The minimum absolute atomic E-state index is 0.00279. The fourth-order valence-electron chi connectivity index (χ4n) is 1.77. The first-order valence-corrected chi connectivity index (χ1v) is 7.46. The average molecular weight is 267 g/mol. The summed E-state index contributed by atoms with van der Waals surface area (Å²) in [5.74, 6) is 0.771. The summed E-state index contributed by atoms with van der Waals surface area (Å²) in [5.41, 5.74) is 1.91. The molecule has 18 heavy (non-hydrogen) atoms. The summed E-state index contributed by atoms with van der Waals surface area (Å²) >= 11 is 1.65. The van der Waals surface area contributed by atoms with Crippen molar-refractivity contribution in [3.63, 3.8) is 0 Å². The third kappa shape index (κ3) is 4.35. The first-order valence-electron chi connectivity index (χ1n) is 6.06. The van der Waals surface area contributed by atoms with Crippen LogP contribution in [0, 0.1) is 12.8 Å². The van der Waals surface area contributed by atoms with Crippen molar-refractivity contribution in [2.45, 2.75) is 20.0 Å². The summed E-state index contributed by atoms with van der Waals surface area (Å²) in [7, 11) is 0. The number of carbonyl (C=O) groups is 1. The van der Waals surface area contributed by atoms with Gasteiger partial charge >= 0.3 is 0 Å². The van der Waals surface area contributed by atoms with Gasteiger partial charge in [0.2, 0.25) is 5.91 Å². The molecule has 4 heteroatoms. The minimum atomic E-state index is -0.642. The summed E-state index contributed by atoms with van der Waals surface area (Å²) in [6.45, 7) is 4.12. The van der Waals surface area contributed by atoms with Crippen molar-refractivity contribution >= 4 is 17.7 Å². The number of thioether (sulfide) groups is 1. The first-order chi connectivity index (χ1) is 8.56. The lowest BCUT2D eigenvalue weighted by Gasteiger charge is -2.16. The van der Waals surface area contributed by atoms with Gasteiger partial charge in [0.15, 0.2) is 0 Å². The first kappa shape index (κ1) is 15.1. The molecule has 0 aliphatic carbocycles. The fourth-order valence-corrected chi connectivity index (χ4v) is 2.42. The molecule has 1 amide bonds. The SMILES string of the molecule is CSC[C@@H](C)C(=O)NC[C@@H](O)c1ccccc1C. The van der Waals surface area contributed by atoms with Gasteiger partial charge in [0.25, 0.3) is 0 Å². The molecule has 100 valence electrons. The molecule has 2 atom stereocenters. The Hall–Kier alpha value is -1.00. The van der Waals surface area contributed by atoms with Gasteiger partial charge in [-0.15, -0.1) is 0 Å². The van der Waals surface area contributed by atoms with Crippen LogP contribution >= 0.6 is 11.8 Å². The second-order valence-electron chi connectivity index (χ2n) is 4.47. The Labute approximate surface area is 113 Å². The molecule has 0 aliphatic heterocycles. The Morgan fingerprint density at radius 2 is 2.11 bits per heavy atom. The van der Waals surface area contributed by atoms with Crippen LogP contribution in [0.1, 0.15) is 24.2 Å². The highest BCUT2D eigenvalue weighted by Crippen LogP contribution is 2.16. The van der Waals surface area contributed by atoms with Gasteiger partial charge in [-0.25, -0.2) is 0 Å². The molecule has 0 fully saturated rings. The molecule has 0 spiro atoms. The van der Waals surface area contributed by atoms with E-state index in [2.05, 4.69) is 5.32 Å². The van der Waals surface area contributed by atoms with E-state index in [4.69, 9.17) is 0 Å². The largest absolute Gasteiger partial charge is 0.387 e. The molecule has 0 aliphatic rings. The summed E-state index contributed by atoms with van der Waals surface area (Å²) in [6.07, 6.45) is 1.34. The van der Waals surface area contributed by atoms with Gasteiger partial charge in [0, 0.05) is 18.2 Å². The highest BCUT2D eigenvalue weighted by molar-refractivity contribution is 7.98. The molecule has 0 saturated carbocycles. The molecule has 0 aromatic heterocycles. The van der Waals surface area contributed by atoms with Crippen LogP contribution in [0.3, 0.4) is 0 Å². The van der Waals surface area contributed by atoms with Crippen LogP contribution in [0.2, 0.25) is 0 Å². The number of aryl methyl sites for hydroxylation is 1. The molecule has 1 rings (SSSR count). The lowest BCUT2D eigenvalue weighted by Crippen LogP contribution is -2.33. The van der Waals surface area contributed by atoms with Crippen molar-refractivity contribution < 1.29 is 9.90 Å². The van der Waals surface area contributed by atoms with Crippen LogP contribution in [-0.4, -0.2) is 29.6 Å². The normalized spacial score (nSPS) is 14.0. The summed E-state index contributed by atoms with van der Waals surface area (Å²) in [4.78, 5) is 11.7. The van der Waals surface area contributed by atoms with Gasteiger partial charge in [-0.1, -0.05) is 31.2 Å². The van der Waals surface area contributed by atoms with E-state index in [1.54, 1.807) is 11.8 Å². The van der Waals surface area contributed by atoms with Crippen molar-refractivity contribution in [2.24, 2.45) is 5.92 Å². The van der Waals surface area contributed by atoms with Gasteiger partial charge in [-0.2, -0.15) is 11.8 Å². The third-order valence-electron chi connectivity index (χ3n) is 2.88. The van der Waals surface area contributed by atoms with E-state index < -0.39 is 6.10 Å². The second-order valence-corrected chi connectivity index (χ2v) is 5.38. The number of nitrogens with one attached hydrogen (secondary N) is 1. The summed E-state index contributed by atoms with van der Waals surface area (Å²) < 4.78 is 0. The number of rotatable bonds is 6. The Kier molecular flexibility index (Phi) is 6.22. The van der Waals surface area contributed by atoms with Crippen LogP contribution in [0.4, 0.5) is 0 Å². The number of hydrogen-bond donors (Lipinski definition) is 2. The van der Waals surface area contributed by atoms with Gasteiger partial charge in [-0.3, -0.25) is 4.79 Å². The third-order valence-corrected chi connectivity index (χ3v) is 3.71. The minimum Gasteiger partial charge on any atom is -0.387 e. The molecule has 1 aromatic rings. The van der Waals surface area contributed by atoms with E-state index in [1.807, 2.05) is 44.4 Å². The van der Waals surface area contributed by atoms with Crippen molar-refractivity contribution in [3.8, 4) is 0 Å². The van der Waals surface area contributed by atoms with Gasteiger partial charge < -0.3 is 10.4 Å². The van der Waals surface area contributed by atoms with Crippen LogP contribution in [0.25, 0.3) is 0 Å².